The Bertz CT molecular complexity index is 345. The first-order valence-corrected chi connectivity index (χ1v) is 6.47. The molecule has 0 bridgehead atoms. The standard InChI is InChI=1S/C12H19NO2S/c1-4-13(5-2)10(8-11(14)15)12-9(3)6-7-16-12/h6-7,10H,4-5,8H2,1-3H3,(H,14,15). The molecule has 0 amide bonds. The van der Waals surface area contributed by atoms with Gasteiger partial charge in [0.25, 0.3) is 0 Å². The summed E-state index contributed by atoms with van der Waals surface area (Å²) in [5.41, 5.74) is 1.20. The summed E-state index contributed by atoms with van der Waals surface area (Å²) in [5.74, 6) is -0.732. The highest BCUT2D eigenvalue weighted by molar-refractivity contribution is 7.10. The maximum atomic E-state index is 10.9. The minimum absolute atomic E-state index is 0.0208. The molecule has 1 aromatic heterocycles. The molecule has 0 radical (unpaired) electrons. The van der Waals surface area contributed by atoms with Gasteiger partial charge in [0.05, 0.1) is 12.5 Å². The van der Waals surface area contributed by atoms with Gasteiger partial charge in [-0.05, 0) is 37.0 Å². The Kier molecular flexibility index (Phi) is 4.96. The lowest BCUT2D eigenvalue weighted by Gasteiger charge is -2.28. The summed E-state index contributed by atoms with van der Waals surface area (Å²) in [6.07, 6.45) is 0.184. The van der Waals surface area contributed by atoms with Gasteiger partial charge < -0.3 is 5.11 Å². The van der Waals surface area contributed by atoms with Crippen molar-refractivity contribution in [3.8, 4) is 0 Å². The zero-order valence-corrected chi connectivity index (χ0v) is 10.9. The lowest BCUT2D eigenvalue weighted by Crippen LogP contribution is -2.30. The molecule has 1 heterocycles. The number of aryl methyl sites for hydroxylation is 1. The van der Waals surface area contributed by atoms with Crippen molar-refractivity contribution < 1.29 is 9.90 Å². The maximum Gasteiger partial charge on any atom is 0.305 e. The van der Waals surface area contributed by atoms with Crippen LogP contribution in [0.4, 0.5) is 0 Å². The lowest BCUT2D eigenvalue weighted by molar-refractivity contribution is -0.138. The van der Waals surface area contributed by atoms with E-state index >= 15 is 0 Å². The molecule has 1 aromatic rings. The number of nitrogens with zero attached hydrogens (tertiary/aromatic N) is 1. The summed E-state index contributed by atoms with van der Waals surface area (Å²) in [5, 5.41) is 11.0. The van der Waals surface area contributed by atoms with Gasteiger partial charge >= 0.3 is 5.97 Å². The highest BCUT2D eigenvalue weighted by atomic mass is 32.1. The topological polar surface area (TPSA) is 40.5 Å². The predicted octanol–water partition coefficient (Wildman–Crippen LogP) is 2.91. The smallest absolute Gasteiger partial charge is 0.305 e. The Balaban J connectivity index is 2.95. The number of carboxylic acid groups (broad SMARTS) is 1. The van der Waals surface area contributed by atoms with Crippen molar-refractivity contribution in [1.29, 1.82) is 0 Å². The van der Waals surface area contributed by atoms with E-state index in [9.17, 15) is 4.79 Å². The first kappa shape index (κ1) is 13.2. The Morgan fingerprint density at radius 1 is 1.50 bits per heavy atom. The second-order valence-electron chi connectivity index (χ2n) is 3.80. The second-order valence-corrected chi connectivity index (χ2v) is 4.75. The fraction of sp³-hybridized carbons (Fsp3) is 0.583. The summed E-state index contributed by atoms with van der Waals surface area (Å²) in [6, 6.07) is 2.07. The Labute approximate surface area is 101 Å². The van der Waals surface area contributed by atoms with Crippen LogP contribution in [0.15, 0.2) is 11.4 Å². The number of rotatable bonds is 6. The molecular weight excluding hydrogens is 222 g/mol. The zero-order chi connectivity index (χ0) is 12.1. The van der Waals surface area contributed by atoms with Crippen molar-refractivity contribution >= 4 is 17.3 Å². The number of carbonyl (C=O) groups is 1. The van der Waals surface area contributed by atoms with E-state index in [1.807, 2.05) is 12.3 Å². The van der Waals surface area contributed by atoms with Crippen LogP contribution in [0.1, 0.15) is 36.8 Å². The Morgan fingerprint density at radius 3 is 2.50 bits per heavy atom. The van der Waals surface area contributed by atoms with Gasteiger partial charge in [-0.2, -0.15) is 0 Å². The second kappa shape index (κ2) is 6.01. The minimum Gasteiger partial charge on any atom is -0.481 e. The quantitative estimate of drug-likeness (QED) is 0.832. The molecule has 1 atom stereocenters. The van der Waals surface area contributed by atoms with Crippen LogP contribution in [0.2, 0.25) is 0 Å². The van der Waals surface area contributed by atoms with E-state index in [-0.39, 0.29) is 12.5 Å². The zero-order valence-electron chi connectivity index (χ0n) is 10.1. The fourth-order valence-corrected chi connectivity index (χ4v) is 3.01. The first-order chi connectivity index (χ1) is 7.60. The summed E-state index contributed by atoms with van der Waals surface area (Å²) in [6.45, 7) is 7.95. The Hall–Kier alpha value is -0.870. The first-order valence-electron chi connectivity index (χ1n) is 5.59. The van der Waals surface area contributed by atoms with E-state index < -0.39 is 5.97 Å². The van der Waals surface area contributed by atoms with Gasteiger partial charge in [-0.15, -0.1) is 11.3 Å². The van der Waals surface area contributed by atoms with Gasteiger partial charge in [0, 0.05) is 4.88 Å². The van der Waals surface area contributed by atoms with Gasteiger partial charge in [-0.25, -0.2) is 0 Å². The number of hydrogen-bond acceptors (Lipinski definition) is 3. The van der Waals surface area contributed by atoms with Gasteiger partial charge in [0.1, 0.15) is 0 Å². The molecule has 0 saturated carbocycles. The van der Waals surface area contributed by atoms with E-state index in [4.69, 9.17) is 5.11 Å². The molecule has 0 aliphatic rings. The summed E-state index contributed by atoms with van der Waals surface area (Å²) < 4.78 is 0. The molecule has 4 heteroatoms. The molecule has 0 spiro atoms. The third-order valence-electron chi connectivity index (χ3n) is 2.83. The van der Waals surface area contributed by atoms with Crippen LogP contribution in [-0.2, 0) is 4.79 Å². The molecule has 90 valence electrons. The molecule has 3 nitrogen and oxygen atoms in total. The highest BCUT2D eigenvalue weighted by Gasteiger charge is 2.23. The van der Waals surface area contributed by atoms with Crippen molar-refractivity contribution in [2.75, 3.05) is 13.1 Å². The highest BCUT2D eigenvalue weighted by Crippen LogP contribution is 2.31. The molecule has 1 N–H and O–H groups in total. The van der Waals surface area contributed by atoms with E-state index in [1.54, 1.807) is 11.3 Å². The number of hydrogen-bond donors (Lipinski definition) is 1. The number of thiophene rings is 1. The summed E-state index contributed by atoms with van der Waals surface area (Å²) >= 11 is 1.65. The molecule has 0 aliphatic carbocycles. The lowest BCUT2D eigenvalue weighted by atomic mass is 10.1. The molecule has 1 rings (SSSR count). The third kappa shape index (κ3) is 3.06. The number of carboxylic acids is 1. The van der Waals surface area contributed by atoms with Crippen LogP contribution in [0.3, 0.4) is 0 Å². The fourth-order valence-electron chi connectivity index (χ4n) is 1.94. The van der Waals surface area contributed by atoms with Gasteiger partial charge in [-0.1, -0.05) is 13.8 Å². The molecule has 16 heavy (non-hydrogen) atoms. The van der Waals surface area contributed by atoms with Crippen LogP contribution < -0.4 is 0 Å². The van der Waals surface area contributed by atoms with Crippen molar-refractivity contribution in [2.45, 2.75) is 33.2 Å². The SMILES string of the molecule is CCN(CC)C(CC(=O)O)c1sccc1C. The molecular formula is C12H19NO2S. The van der Waals surface area contributed by atoms with Crippen molar-refractivity contribution in [3.63, 3.8) is 0 Å². The maximum absolute atomic E-state index is 10.9. The largest absolute Gasteiger partial charge is 0.481 e. The van der Waals surface area contributed by atoms with E-state index in [0.717, 1.165) is 13.1 Å². The van der Waals surface area contributed by atoms with E-state index in [1.165, 1.54) is 10.4 Å². The number of aliphatic carboxylic acids is 1. The summed E-state index contributed by atoms with van der Waals surface area (Å²) in [7, 11) is 0. The summed E-state index contributed by atoms with van der Waals surface area (Å²) in [4.78, 5) is 14.3. The van der Waals surface area contributed by atoms with Crippen molar-refractivity contribution in [1.82, 2.24) is 4.90 Å². The van der Waals surface area contributed by atoms with Crippen LogP contribution in [0, 0.1) is 6.92 Å². The average molecular weight is 241 g/mol. The predicted molar refractivity (Wildman–Crippen MR) is 67.0 cm³/mol. The third-order valence-corrected chi connectivity index (χ3v) is 3.95. The molecule has 0 saturated heterocycles. The van der Waals surface area contributed by atoms with E-state index in [0.29, 0.717) is 0 Å². The molecule has 0 aliphatic heterocycles. The van der Waals surface area contributed by atoms with Crippen LogP contribution in [0.25, 0.3) is 0 Å². The molecule has 0 fully saturated rings. The van der Waals surface area contributed by atoms with E-state index in [2.05, 4.69) is 24.8 Å². The normalized spacial score (nSPS) is 13.0. The molecule has 0 aromatic carbocycles. The van der Waals surface area contributed by atoms with Gasteiger partial charge in [0.15, 0.2) is 0 Å². The van der Waals surface area contributed by atoms with Crippen LogP contribution >= 0.6 is 11.3 Å². The van der Waals surface area contributed by atoms with Gasteiger partial charge in [0.2, 0.25) is 0 Å². The average Bonchev–Trinajstić information content (AvgIpc) is 2.64. The molecule has 1 unspecified atom stereocenters. The van der Waals surface area contributed by atoms with Crippen molar-refractivity contribution in [3.05, 3.63) is 21.9 Å². The van der Waals surface area contributed by atoms with Crippen LogP contribution in [0.5, 0.6) is 0 Å². The minimum atomic E-state index is -0.732. The Morgan fingerprint density at radius 2 is 2.12 bits per heavy atom. The van der Waals surface area contributed by atoms with Crippen molar-refractivity contribution in [2.24, 2.45) is 0 Å². The monoisotopic (exact) mass is 241 g/mol. The van der Waals surface area contributed by atoms with Gasteiger partial charge in [-0.3, -0.25) is 9.69 Å². The van der Waals surface area contributed by atoms with Crippen LogP contribution in [-0.4, -0.2) is 29.1 Å².